The molecule has 2 N–H and O–H groups in total. The Labute approximate surface area is 197 Å². The van der Waals surface area contributed by atoms with E-state index in [9.17, 15) is 14.4 Å². The average molecular weight is 458 g/mol. The zero-order chi connectivity index (χ0) is 24.0. The highest BCUT2D eigenvalue weighted by Crippen LogP contribution is 2.32. The van der Waals surface area contributed by atoms with Crippen LogP contribution < -0.4 is 10.6 Å². The zero-order valence-corrected chi connectivity index (χ0v) is 19.5. The van der Waals surface area contributed by atoms with Crippen molar-refractivity contribution >= 4 is 23.7 Å². The van der Waals surface area contributed by atoms with Crippen molar-refractivity contribution in [2.75, 3.05) is 11.9 Å². The zero-order valence-electron chi connectivity index (χ0n) is 19.5. The van der Waals surface area contributed by atoms with E-state index < -0.39 is 23.4 Å². The molecule has 3 aromatic rings. The number of rotatable bonds is 5. The molecule has 1 saturated heterocycles. The van der Waals surface area contributed by atoms with Gasteiger partial charge in [-0.15, -0.1) is 0 Å². The Balaban J connectivity index is 1.33. The lowest BCUT2D eigenvalue weighted by molar-refractivity contribution is -0.133. The number of fused-ring (bicyclic) bond motifs is 1. The third-order valence-electron chi connectivity index (χ3n) is 6.63. The lowest BCUT2D eigenvalue weighted by Gasteiger charge is -2.23. The SMILES string of the molecule is Cc1ccc(-n2nc(C)cc2NC(=O)CN2C(=O)NC(C)(c3ccc4c(c3)CCC4)C2=O)cc1. The van der Waals surface area contributed by atoms with Crippen LogP contribution in [0.25, 0.3) is 5.69 Å². The number of aromatic nitrogens is 2. The van der Waals surface area contributed by atoms with Crippen LogP contribution in [-0.4, -0.2) is 39.1 Å². The minimum absolute atomic E-state index is 0.386. The molecule has 1 atom stereocenters. The van der Waals surface area contributed by atoms with Gasteiger partial charge >= 0.3 is 6.03 Å². The molecule has 2 heterocycles. The third kappa shape index (κ3) is 3.75. The molecule has 2 aliphatic rings. The predicted molar refractivity (Wildman–Crippen MR) is 128 cm³/mol. The largest absolute Gasteiger partial charge is 0.325 e. The second kappa shape index (κ2) is 8.13. The van der Waals surface area contributed by atoms with E-state index in [2.05, 4.69) is 15.7 Å². The predicted octanol–water partition coefficient (Wildman–Crippen LogP) is 3.38. The topological polar surface area (TPSA) is 96.3 Å². The van der Waals surface area contributed by atoms with E-state index in [-0.39, 0.29) is 6.54 Å². The number of benzene rings is 2. The fourth-order valence-electron chi connectivity index (χ4n) is 4.72. The van der Waals surface area contributed by atoms with Crippen molar-refractivity contribution in [1.29, 1.82) is 0 Å². The summed E-state index contributed by atoms with van der Waals surface area (Å²) in [5.41, 5.74) is 4.70. The van der Waals surface area contributed by atoms with Crippen LogP contribution in [0.4, 0.5) is 10.6 Å². The van der Waals surface area contributed by atoms with E-state index in [0.717, 1.165) is 46.7 Å². The van der Waals surface area contributed by atoms with Gasteiger partial charge in [-0.05, 0) is 68.9 Å². The molecule has 8 heteroatoms. The summed E-state index contributed by atoms with van der Waals surface area (Å²) in [6, 6.07) is 14.9. The lowest BCUT2D eigenvalue weighted by Crippen LogP contribution is -2.42. The van der Waals surface area contributed by atoms with Gasteiger partial charge in [0.25, 0.3) is 5.91 Å². The number of hydrogen-bond donors (Lipinski definition) is 2. The van der Waals surface area contributed by atoms with Crippen LogP contribution in [0.2, 0.25) is 0 Å². The molecule has 8 nitrogen and oxygen atoms in total. The Bertz CT molecular complexity index is 1310. The molecule has 0 bridgehead atoms. The van der Waals surface area contributed by atoms with Crippen molar-refractivity contribution < 1.29 is 14.4 Å². The first-order chi connectivity index (χ1) is 16.2. The summed E-state index contributed by atoms with van der Waals surface area (Å²) in [6.07, 6.45) is 3.11. The maximum absolute atomic E-state index is 13.3. The summed E-state index contributed by atoms with van der Waals surface area (Å²) in [4.78, 5) is 39.9. The monoisotopic (exact) mass is 457 g/mol. The van der Waals surface area contributed by atoms with E-state index >= 15 is 0 Å². The van der Waals surface area contributed by atoms with E-state index in [1.54, 1.807) is 17.7 Å². The Kier molecular flexibility index (Phi) is 5.23. The van der Waals surface area contributed by atoms with Crippen LogP contribution in [0.1, 0.15) is 41.3 Å². The molecule has 5 rings (SSSR count). The minimum atomic E-state index is -1.20. The second-order valence-electron chi connectivity index (χ2n) is 9.25. The number of carbonyl (C=O) groups excluding carboxylic acids is 3. The van der Waals surface area contributed by atoms with Crippen molar-refractivity contribution in [3.05, 3.63) is 76.5 Å². The van der Waals surface area contributed by atoms with Crippen LogP contribution in [-0.2, 0) is 28.0 Å². The Hall–Kier alpha value is -3.94. The molecular formula is C26H27N5O3. The summed E-state index contributed by atoms with van der Waals surface area (Å²) < 4.78 is 1.63. The van der Waals surface area contributed by atoms with E-state index in [1.807, 2.05) is 56.3 Å². The molecular weight excluding hydrogens is 430 g/mol. The summed E-state index contributed by atoms with van der Waals surface area (Å²) in [6.45, 7) is 5.14. The number of nitrogens with zero attached hydrogens (tertiary/aromatic N) is 3. The summed E-state index contributed by atoms with van der Waals surface area (Å²) in [7, 11) is 0. The first-order valence-corrected chi connectivity index (χ1v) is 11.4. The third-order valence-corrected chi connectivity index (χ3v) is 6.63. The van der Waals surface area contributed by atoms with Gasteiger partial charge in [0.15, 0.2) is 0 Å². The minimum Gasteiger partial charge on any atom is -0.319 e. The molecule has 0 spiro atoms. The quantitative estimate of drug-likeness (QED) is 0.574. The average Bonchev–Trinajstić information content (AvgIpc) is 3.47. The van der Waals surface area contributed by atoms with Crippen LogP contribution in [0.5, 0.6) is 0 Å². The Morgan fingerprint density at radius 3 is 2.56 bits per heavy atom. The molecule has 1 aromatic heterocycles. The maximum Gasteiger partial charge on any atom is 0.325 e. The van der Waals surface area contributed by atoms with Gasteiger partial charge in [-0.3, -0.25) is 14.5 Å². The number of amides is 4. The lowest BCUT2D eigenvalue weighted by atomic mass is 9.89. The molecule has 1 aliphatic carbocycles. The second-order valence-corrected chi connectivity index (χ2v) is 9.25. The number of aryl methyl sites for hydroxylation is 4. The molecule has 1 unspecified atom stereocenters. The molecule has 174 valence electrons. The summed E-state index contributed by atoms with van der Waals surface area (Å²) >= 11 is 0. The molecule has 1 aliphatic heterocycles. The number of urea groups is 1. The van der Waals surface area contributed by atoms with E-state index in [4.69, 9.17) is 0 Å². The Morgan fingerprint density at radius 2 is 1.79 bits per heavy atom. The van der Waals surface area contributed by atoms with Crippen molar-refractivity contribution in [3.8, 4) is 5.69 Å². The number of carbonyl (C=O) groups is 3. The van der Waals surface area contributed by atoms with Gasteiger partial charge in [0.1, 0.15) is 17.9 Å². The van der Waals surface area contributed by atoms with Crippen LogP contribution in [0.15, 0.2) is 48.5 Å². The van der Waals surface area contributed by atoms with E-state index in [0.29, 0.717) is 5.82 Å². The van der Waals surface area contributed by atoms with Gasteiger partial charge in [-0.2, -0.15) is 5.10 Å². The standard InChI is InChI=1S/C26H27N5O3/c1-16-7-11-21(12-8-16)31-22(13-17(2)29-31)27-23(32)15-30-24(33)26(3,28-25(30)34)20-10-9-18-5-4-6-19(18)14-20/h7-14H,4-6,15H2,1-3H3,(H,27,32)(H,28,34). The number of anilines is 1. The molecule has 1 fully saturated rings. The molecule has 0 radical (unpaired) electrons. The summed E-state index contributed by atoms with van der Waals surface area (Å²) in [5, 5.41) is 10.1. The van der Waals surface area contributed by atoms with Crippen molar-refractivity contribution in [1.82, 2.24) is 20.0 Å². The molecule has 34 heavy (non-hydrogen) atoms. The van der Waals surface area contributed by atoms with Gasteiger partial charge in [0, 0.05) is 6.07 Å². The fourth-order valence-corrected chi connectivity index (χ4v) is 4.72. The van der Waals surface area contributed by atoms with Crippen LogP contribution in [0.3, 0.4) is 0 Å². The van der Waals surface area contributed by atoms with Crippen molar-refractivity contribution in [3.63, 3.8) is 0 Å². The number of imide groups is 1. The van der Waals surface area contributed by atoms with Gasteiger partial charge in [-0.25, -0.2) is 9.48 Å². The van der Waals surface area contributed by atoms with Crippen molar-refractivity contribution in [2.24, 2.45) is 0 Å². The van der Waals surface area contributed by atoms with Crippen LogP contribution in [0, 0.1) is 13.8 Å². The number of hydrogen-bond acceptors (Lipinski definition) is 4. The molecule has 2 aromatic carbocycles. The van der Waals surface area contributed by atoms with Gasteiger partial charge < -0.3 is 10.6 Å². The molecule has 4 amide bonds. The van der Waals surface area contributed by atoms with Gasteiger partial charge in [-0.1, -0.05) is 35.9 Å². The van der Waals surface area contributed by atoms with Crippen molar-refractivity contribution in [2.45, 2.75) is 45.6 Å². The highest BCUT2D eigenvalue weighted by atomic mass is 16.2. The fraction of sp³-hybridized carbons (Fsp3) is 0.308. The molecule has 0 saturated carbocycles. The van der Waals surface area contributed by atoms with Gasteiger partial charge in [0.2, 0.25) is 5.91 Å². The Morgan fingerprint density at radius 1 is 1.06 bits per heavy atom. The van der Waals surface area contributed by atoms with E-state index in [1.165, 1.54) is 11.1 Å². The maximum atomic E-state index is 13.3. The van der Waals surface area contributed by atoms with Crippen LogP contribution >= 0.6 is 0 Å². The normalized spacial score (nSPS) is 19.3. The number of nitrogens with one attached hydrogen (secondary N) is 2. The highest BCUT2D eigenvalue weighted by molar-refractivity contribution is 6.10. The van der Waals surface area contributed by atoms with Gasteiger partial charge in [0.05, 0.1) is 11.4 Å². The first kappa shape index (κ1) is 21.9. The highest BCUT2D eigenvalue weighted by Gasteiger charge is 2.49. The summed E-state index contributed by atoms with van der Waals surface area (Å²) in [5.74, 6) is -0.441. The first-order valence-electron chi connectivity index (χ1n) is 11.4. The smallest absolute Gasteiger partial charge is 0.319 e.